The van der Waals surface area contributed by atoms with Crippen LogP contribution in [0.25, 0.3) is 0 Å². The highest BCUT2D eigenvalue weighted by molar-refractivity contribution is 9.10. The van der Waals surface area contributed by atoms with E-state index in [1.165, 1.54) is 75.3 Å². The van der Waals surface area contributed by atoms with Gasteiger partial charge in [0.1, 0.15) is 6.04 Å². The van der Waals surface area contributed by atoms with Crippen LogP contribution in [0.4, 0.5) is 0 Å². The number of unbranched alkanes of at least 4 members (excludes halogenated alkanes) is 9. The molecule has 3 rings (SSSR count). The lowest BCUT2D eigenvalue weighted by Gasteiger charge is -2.19. The first kappa shape index (κ1) is 25.0. The van der Waals surface area contributed by atoms with Crippen LogP contribution in [0.3, 0.4) is 0 Å². The minimum atomic E-state index is 0.00551. The summed E-state index contributed by atoms with van der Waals surface area (Å²) >= 11 is 5.43. The van der Waals surface area contributed by atoms with Crippen molar-refractivity contribution in [2.45, 2.75) is 82.3 Å². The van der Waals surface area contributed by atoms with Crippen LogP contribution in [0.2, 0.25) is 0 Å². The zero-order chi connectivity index (χ0) is 22.4. The van der Waals surface area contributed by atoms with Gasteiger partial charge in [-0.15, -0.1) is 5.10 Å². The van der Waals surface area contributed by atoms with Crippen molar-refractivity contribution in [2.75, 3.05) is 5.75 Å². The van der Waals surface area contributed by atoms with E-state index in [0.29, 0.717) is 0 Å². The van der Waals surface area contributed by atoms with Crippen LogP contribution in [-0.4, -0.2) is 20.5 Å². The predicted octanol–water partition coefficient (Wildman–Crippen LogP) is 8.69. The second-order valence-corrected chi connectivity index (χ2v) is 10.1. The Labute approximate surface area is 206 Å². The maximum absolute atomic E-state index is 4.87. The molecule has 172 valence electrons. The van der Waals surface area contributed by atoms with Crippen molar-refractivity contribution in [3.63, 3.8) is 0 Å². The number of hydrogen-bond acceptors (Lipinski definition) is 3. The van der Waals surface area contributed by atoms with Crippen LogP contribution in [-0.2, 0) is 0 Å². The van der Waals surface area contributed by atoms with Crippen molar-refractivity contribution in [1.29, 1.82) is 0 Å². The van der Waals surface area contributed by atoms with Crippen LogP contribution in [0.5, 0.6) is 0 Å². The number of halogens is 1. The minimum absolute atomic E-state index is 0.00551. The van der Waals surface area contributed by atoms with Crippen molar-refractivity contribution >= 4 is 27.7 Å². The van der Waals surface area contributed by atoms with E-state index >= 15 is 0 Å². The van der Waals surface area contributed by atoms with E-state index < -0.39 is 0 Å². The van der Waals surface area contributed by atoms with Gasteiger partial charge in [-0.1, -0.05) is 137 Å². The van der Waals surface area contributed by atoms with Gasteiger partial charge >= 0.3 is 0 Å². The average molecular weight is 515 g/mol. The Hall–Kier alpha value is -1.59. The monoisotopic (exact) mass is 513 g/mol. The highest BCUT2D eigenvalue weighted by atomic mass is 79.9. The van der Waals surface area contributed by atoms with Crippen molar-refractivity contribution in [2.24, 2.45) is 0 Å². The molecule has 32 heavy (non-hydrogen) atoms. The fourth-order valence-electron chi connectivity index (χ4n) is 4.01. The molecular formula is C27H36BrN3S. The lowest BCUT2D eigenvalue weighted by atomic mass is 9.99. The molecule has 0 atom stereocenters. The molecule has 0 radical (unpaired) electrons. The Bertz CT molecular complexity index is 843. The smallest absolute Gasteiger partial charge is 0.209 e. The third-order valence-electron chi connectivity index (χ3n) is 5.77. The predicted molar refractivity (Wildman–Crippen MR) is 140 cm³/mol. The maximum Gasteiger partial charge on any atom is 0.209 e. The average Bonchev–Trinajstić information content (AvgIpc) is 3.19. The highest BCUT2D eigenvalue weighted by Crippen LogP contribution is 2.30. The van der Waals surface area contributed by atoms with Crippen LogP contribution in [0.1, 0.15) is 88.3 Å². The number of benzene rings is 2. The molecule has 1 heterocycles. The van der Waals surface area contributed by atoms with E-state index in [0.717, 1.165) is 15.6 Å². The molecule has 1 aromatic heterocycles. The second-order valence-electron chi connectivity index (χ2n) is 8.36. The first-order valence-electron chi connectivity index (χ1n) is 12.1. The highest BCUT2D eigenvalue weighted by Gasteiger charge is 2.21. The quantitative estimate of drug-likeness (QED) is 0.150. The zero-order valence-electron chi connectivity index (χ0n) is 19.3. The fraction of sp³-hybridized carbons (Fsp3) is 0.481. The second kappa shape index (κ2) is 14.5. The molecule has 0 fully saturated rings. The molecule has 0 aliphatic heterocycles. The van der Waals surface area contributed by atoms with Crippen LogP contribution in [0, 0.1) is 0 Å². The van der Waals surface area contributed by atoms with Gasteiger partial charge in [0.15, 0.2) is 4.73 Å². The summed E-state index contributed by atoms with van der Waals surface area (Å²) in [7, 11) is 0. The van der Waals surface area contributed by atoms with E-state index in [1.807, 2.05) is 4.68 Å². The zero-order valence-corrected chi connectivity index (χ0v) is 21.7. The van der Waals surface area contributed by atoms with E-state index in [9.17, 15) is 0 Å². The molecule has 0 aliphatic carbocycles. The third-order valence-corrected chi connectivity index (χ3v) is 7.24. The van der Waals surface area contributed by atoms with Gasteiger partial charge in [-0.3, -0.25) is 0 Å². The molecule has 5 heteroatoms. The standard InChI is InChI=1S/C27H36BrN3S/c1-2-3-4-5-6-7-8-9-10-17-22-32-27-29-26(28)31(30-27)25(23-18-13-11-14-19-23)24-20-15-12-16-21-24/h11-16,18-21,25H,2-10,17,22H2,1H3. The lowest BCUT2D eigenvalue weighted by Crippen LogP contribution is -2.14. The minimum Gasteiger partial charge on any atom is -0.227 e. The summed E-state index contributed by atoms with van der Waals surface area (Å²) < 4.78 is 2.78. The van der Waals surface area contributed by atoms with Gasteiger partial charge in [-0.25, -0.2) is 4.68 Å². The lowest BCUT2D eigenvalue weighted by molar-refractivity contribution is 0.562. The number of thioether (sulfide) groups is 1. The molecule has 0 spiro atoms. The SMILES string of the molecule is CCCCCCCCCCCCSc1nc(Br)n(C(c2ccccc2)c2ccccc2)n1. The number of rotatable bonds is 15. The summed E-state index contributed by atoms with van der Waals surface area (Å²) in [6.45, 7) is 2.28. The Morgan fingerprint density at radius 2 is 1.25 bits per heavy atom. The van der Waals surface area contributed by atoms with E-state index in [-0.39, 0.29) is 6.04 Å². The number of aromatic nitrogens is 3. The maximum atomic E-state index is 4.87. The molecule has 0 bridgehead atoms. The van der Waals surface area contributed by atoms with Crippen molar-refractivity contribution in [1.82, 2.24) is 14.8 Å². The van der Waals surface area contributed by atoms with Gasteiger partial charge in [0.2, 0.25) is 5.16 Å². The molecular weight excluding hydrogens is 478 g/mol. The van der Waals surface area contributed by atoms with Crippen LogP contribution < -0.4 is 0 Å². The van der Waals surface area contributed by atoms with Gasteiger partial charge in [0, 0.05) is 5.75 Å². The topological polar surface area (TPSA) is 30.7 Å². The molecule has 3 nitrogen and oxygen atoms in total. The van der Waals surface area contributed by atoms with E-state index in [2.05, 4.69) is 83.5 Å². The summed E-state index contributed by atoms with van der Waals surface area (Å²) in [5.41, 5.74) is 2.41. The summed E-state index contributed by atoms with van der Waals surface area (Å²) in [6, 6.07) is 21.1. The van der Waals surface area contributed by atoms with Gasteiger partial charge in [-0.2, -0.15) is 4.98 Å². The molecule has 3 aromatic rings. The molecule has 0 aliphatic rings. The fourth-order valence-corrected chi connectivity index (χ4v) is 5.41. The summed E-state index contributed by atoms with van der Waals surface area (Å²) in [5, 5.41) is 5.72. The van der Waals surface area contributed by atoms with Gasteiger partial charge in [0.05, 0.1) is 0 Å². The molecule has 0 saturated heterocycles. The normalized spacial score (nSPS) is 11.3. The van der Waals surface area contributed by atoms with Gasteiger partial charge < -0.3 is 0 Å². The van der Waals surface area contributed by atoms with Gasteiger partial charge in [0.25, 0.3) is 0 Å². The molecule has 0 saturated carbocycles. The van der Waals surface area contributed by atoms with Gasteiger partial charge in [-0.05, 0) is 33.5 Å². The Kier molecular flexibility index (Phi) is 11.4. The first-order chi connectivity index (χ1) is 15.8. The van der Waals surface area contributed by atoms with Crippen molar-refractivity contribution in [3.8, 4) is 0 Å². The van der Waals surface area contributed by atoms with E-state index in [4.69, 9.17) is 10.1 Å². The Morgan fingerprint density at radius 3 is 1.78 bits per heavy atom. The number of nitrogens with zero attached hydrogens (tertiary/aromatic N) is 3. The van der Waals surface area contributed by atoms with Crippen molar-refractivity contribution < 1.29 is 0 Å². The molecule has 0 N–H and O–H groups in total. The summed E-state index contributed by atoms with van der Waals surface area (Å²) in [5.74, 6) is 1.08. The van der Waals surface area contributed by atoms with E-state index in [1.54, 1.807) is 11.8 Å². The van der Waals surface area contributed by atoms with Crippen LogP contribution in [0.15, 0.2) is 70.6 Å². The molecule has 0 unspecified atom stereocenters. The molecule has 0 amide bonds. The summed E-state index contributed by atoms with van der Waals surface area (Å²) in [4.78, 5) is 4.70. The third kappa shape index (κ3) is 8.08. The Balaban J connectivity index is 1.48. The summed E-state index contributed by atoms with van der Waals surface area (Å²) in [6.07, 6.45) is 13.6. The largest absolute Gasteiger partial charge is 0.227 e. The Morgan fingerprint density at radius 1 is 0.750 bits per heavy atom. The first-order valence-corrected chi connectivity index (χ1v) is 13.9. The van der Waals surface area contributed by atoms with Crippen molar-refractivity contribution in [3.05, 3.63) is 76.5 Å². The molecule has 2 aromatic carbocycles. The number of hydrogen-bond donors (Lipinski definition) is 0. The van der Waals surface area contributed by atoms with Crippen LogP contribution >= 0.6 is 27.7 Å².